The summed E-state index contributed by atoms with van der Waals surface area (Å²) in [5.74, 6) is -2.81. The molecule has 1 aromatic carbocycles. The van der Waals surface area contributed by atoms with Crippen LogP contribution in [0.4, 0.5) is 14.5 Å². The lowest BCUT2D eigenvalue weighted by molar-refractivity contribution is -0.137. The number of benzene rings is 1. The van der Waals surface area contributed by atoms with Crippen molar-refractivity contribution in [2.45, 2.75) is 44.2 Å². The second kappa shape index (κ2) is 4.79. The van der Waals surface area contributed by atoms with Crippen LogP contribution in [0.5, 0.6) is 0 Å². The number of carbonyl (C=O) groups excluding carboxylic acids is 2. The second-order valence-corrected chi connectivity index (χ2v) is 5.70. The van der Waals surface area contributed by atoms with E-state index in [4.69, 9.17) is 0 Å². The third-order valence-corrected chi connectivity index (χ3v) is 4.41. The van der Waals surface area contributed by atoms with E-state index in [9.17, 15) is 18.4 Å². The molecule has 1 N–H and O–H groups in total. The largest absolute Gasteiger partial charge is 0.340 e. The van der Waals surface area contributed by atoms with E-state index in [2.05, 4.69) is 5.32 Å². The first-order valence-corrected chi connectivity index (χ1v) is 7.06. The first-order chi connectivity index (χ1) is 9.96. The molecule has 1 aromatic rings. The second-order valence-electron chi connectivity index (χ2n) is 5.70. The Balaban J connectivity index is 2.08. The highest BCUT2D eigenvalue weighted by molar-refractivity contribution is 6.10. The van der Waals surface area contributed by atoms with Crippen LogP contribution in [0.25, 0.3) is 0 Å². The van der Waals surface area contributed by atoms with E-state index in [0.29, 0.717) is 12.8 Å². The molecule has 1 saturated carbocycles. The number of hydrogen-bond acceptors (Lipinski definition) is 2. The van der Waals surface area contributed by atoms with E-state index in [-0.39, 0.29) is 17.5 Å². The SMILES string of the molecule is CC1C(=O)NC2(CCCC2)C(=O)N1c1cccc(F)c1F. The van der Waals surface area contributed by atoms with Gasteiger partial charge < -0.3 is 5.32 Å². The number of carbonyl (C=O) groups is 2. The van der Waals surface area contributed by atoms with Gasteiger partial charge in [0.2, 0.25) is 5.91 Å². The van der Waals surface area contributed by atoms with E-state index in [1.54, 1.807) is 0 Å². The van der Waals surface area contributed by atoms with Crippen molar-refractivity contribution in [1.82, 2.24) is 5.32 Å². The number of hydrogen-bond donors (Lipinski definition) is 1. The molecular weight excluding hydrogens is 278 g/mol. The van der Waals surface area contributed by atoms with Crippen LogP contribution in [0.15, 0.2) is 18.2 Å². The van der Waals surface area contributed by atoms with Crippen LogP contribution < -0.4 is 10.2 Å². The first kappa shape index (κ1) is 14.0. The Bertz CT molecular complexity index is 612. The summed E-state index contributed by atoms with van der Waals surface area (Å²) in [4.78, 5) is 26.1. The highest BCUT2D eigenvalue weighted by Gasteiger charge is 2.51. The number of nitrogens with one attached hydrogen (secondary N) is 1. The molecule has 2 aliphatic rings. The maximum atomic E-state index is 14.0. The first-order valence-electron chi connectivity index (χ1n) is 7.06. The molecule has 21 heavy (non-hydrogen) atoms. The number of amides is 2. The molecule has 1 unspecified atom stereocenters. The van der Waals surface area contributed by atoms with Gasteiger partial charge in [-0.1, -0.05) is 18.9 Å². The fraction of sp³-hybridized carbons (Fsp3) is 0.467. The molecule has 6 heteroatoms. The lowest BCUT2D eigenvalue weighted by Gasteiger charge is -2.43. The molecule has 2 fully saturated rings. The van der Waals surface area contributed by atoms with Crippen LogP contribution in [0.2, 0.25) is 0 Å². The lowest BCUT2D eigenvalue weighted by atomic mass is 9.90. The van der Waals surface area contributed by atoms with Crippen molar-refractivity contribution in [1.29, 1.82) is 0 Å². The maximum absolute atomic E-state index is 14.0. The molecule has 1 atom stereocenters. The summed E-state index contributed by atoms with van der Waals surface area (Å²) in [6.07, 6.45) is 2.75. The predicted octanol–water partition coefficient (Wildman–Crippen LogP) is 2.13. The Kier molecular flexibility index (Phi) is 3.19. The molecule has 112 valence electrons. The van der Waals surface area contributed by atoms with Crippen LogP contribution >= 0.6 is 0 Å². The van der Waals surface area contributed by atoms with Crippen molar-refractivity contribution < 1.29 is 18.4 Å². The summed E-state index contributed by atoms with van der Waals surface area (Å²) < 4.78 is 27.5. The van der Waals surface area contributed by atoms with Gasteiger partial charge in [-0.15, -0.1) is 0 Å². The minimum Gasteiger partial charge on any atom is -0.340 e. The highest BCUT2D eigenvalue weighted by Crippen LogP contribution is 2.37. The summed E-state index contributed by atoms with van der Waals surface area (Å²) in [6, 6.07) is 2.79. The minimum atomic E-state index is -1.10. The Morgan fingerprint density at radius 3 is 2.57 bits per heavy atom. The van der Waals surface area contributed by atoms with Crippen LogP contribution in [-0.4, -0.2) is 23.4 Å². The molecule has 1 heterocycles. The van der Waals surface area contributed by atoms with Gasteiger partial charge >= 0.3 is 0 Å². The van der Waals surface area contributed by atoms with Gasteiger partial charge in [-0.3, -0.25) is 14.5 Å². The third-order valence-electron chi connectivity index (χ3n) is 4.41. The summed E-state index contributed by atoms with van der Waals surface area (Å²) in [5.41, 5.74) is -1.13. The van der Waals surface area contributed by atoms with E-state index in [0.717, 1.165) is 23.8 Å². The van der Waals surface area contributed by atoms with Gasteiger partial charge in [0.25, 0.3) is 5.91 Å². The molecule has 1 saturated heterocycles. The van der Waals surface area contributed by atoms with Crippen LogP contribution in [-0.2, 0) is 9.59 Å². The van der Waals surface area contributed by atoms with E-state index in [1.807, 2.05) is 0 Å². The molecule has 1 spiro atoms. The number of rotatable bonds is 1. The molecule has 1 aliphatic heterocycles. The van der Waals surface area contributed by atoms with Gasteiger partial charge in [0.05, 0.1) is 5.69 Å². The topological polar surface area (TPSA) is 49.4 Å². The predicted molar refractivity (Wildman–Crippen MR) is 72.6 cm³/mol. The Morgan fingerprint density at radius 2 is 1.90 bits per heavy atom. The zero-order valence-corrected chi connectivity index (χ0v) is 11.7. The standard InChI is InChI=1S/C15H16F2N2O2/c1-9-13(20)18-15(7-2-3-8-15)14(21)19(9)11-6-4-5-10(16)12(11)17/h4-6,9H,2-3,7-8H2,1H3,(H,18,20). The zero-order chi connectivity index (χ0) is 15.2. The number of halogens is 2. The van der Waals surface area contributed by atoms with Gasteiger partial charge in [-0.05, 0) is 31.9 Å². The van der Waals surface area contributed by atoms with Gasteiger partial charge in [0.15, 0.2) is 11.6 Å². The van der Waals surface area contributed by atoms with Crippen molar-refractivity contribution in [2.75, 3.05) is 4.90 Å². The van der Waals surface area contributed by atoms with Gasteiger partial charge in [-0.25, -0.2) is 8.78 Å². The van der Waals surface area contributed by atoms with Crippen molar-refractivity contribution in [3.05, 3.63) is 29.8 Å². The molecule has 0 bridgehead atoms. The maximum Gasteiger partial charge on any atom is 0.253 e. The summed E-state index contributed by atoms with van der Waals surface area (Å²) in [7, 11) is 0. The van der Waals surface area contributed by atoms with Crippen molar-refractivity contribution >= 4 is 17.5 Å². The fourth-order valence-electron chi connectivity index (χ4n) is 3.23. The molecule has 3 rings (SSSR count). The molecule has 4 nitrogen and oxygen atoms in total. The number of piperazine rings is 1. The van der Waals surface area contributed by atoms with E-state index in [1.165, 1.54) is 19.1 Å². The molecule has 0 radical (unpaired) electrons. The molecule has 0 aromatic heterocycles. The zero-order valence-electron chi connectivity index (χ0n) is 11.7. The smallest absolute Gasteiger partial charge is 0.253 e. The van der Waals surface area contributed by atoms with Gasteiger partial charge in [0, 0.05) is 0 Å². The Morgan fingerprint density at radius 1 is 1.24 bits per heavy atom. The average Bonchev–Trinajstić information content (AvgIpc) is 2.91. The Labute approximate surface area is 121 Å². The summed E-state index contributed by atoms with van der Waals surface area (Å²) in [5, 5.41) is 2.78. The fourth-order valence-corrected chi connectivity index (χ4v) is 3.23. The summed E-state index contributed by atoms with van der Waals surface area (Å²) in [6.45, 7) is 1.51. The van der Waals surface area contributed by atoms with Crippen LogP contribution in [0.1, 0.15) is 32.6 Å². The molecular formula is C15H16F2N2O2. The lowest BCUT2D eigenvalue weighted by Crippen LogP contribution is -2.69. The van der Waals surface area contributed by atoms with Gasteiger partial charge in [-0.2, -0.15) is 0 Å². The normalized spacial score (nSPS) is 24.5. The van der Waals surface area contributed by atoms with Crippen LogP contribution in [0, 0.1) is 11.6 Å². The third kappa shape index (κ3) is 2.01. The number of anilines is 1. The average molecular weight is 294 g/mol. The van der Waals surface area contributed by atoms with E-state index >= 15 is 0 Å². The minimum absolute atomic E-state index is 0.173. The molecule has 2 amide bonds. The van der Waals surface area contributed by atoms with Gasteiger partial charge in [0.1, 0.15) is 11.6 Å². The molecule has 1 aliphatic carbocycles. The van der Waals surface area contributed by atoms with Crippen LogP contribution in [0.3, 0.4) is 0 Å². The monoisotopic (exact) mass is 294 g/mol. The van der Waals surface area contributed by atoms with Crippen molar-refractivity contribution in [3.63, 3.8) is 0 Å². The highest BCUT2D eigenvalue weighted by atomic mass is 19.2. The number of nitrogens with zero attached hydrogens (tertiary/aromatic N) is 1. The quantitative estimate of drug-likeness (QED) is 0.862. The summed E-state index contributed by atoms with van der Waals surface area (Å²) >= 11 is 0. The van der Waals surface area contributed by atoms with E-state index < -0.39 is 23.2 Å². The van der Waals surface area contributed by atoms with Crippen molar-refractivity contribution in [2.24, 2.45) is 0 Å². The Hall–Kier alpha value is -1.98. The van der Waals surface area contributed by atoms with Crippen molar-refractivity contribution in [3.8, 4) is 0 Å².